The van der Waals surface area contributed by atoms with Gasteiger partial charge in [0.2, 0.25) is 0 Å². The average molecular weight is 641 g/mol. The van der Waals surface area contributed by atoms with Crippen molar-refractivity contribution in [1.29, 1.82) is 0 Å². The summed E-state index contributed by atoms with van der Waals surface area (Å²) in [5.41, 5.74) is 5.15. The number of hydrogen-bond donors (Lipinski definition) is 0. The van der Waals surface area contributed by atoms with E-state index in [0.717, 1.165) is 12.3 Å². The van der Waals surface area contributed by atoms with E-state index in [0.29, 0.717) is 0 Å². The van der Waals surface area contributed by atoms with Crippen LogP contribution >= 0.6 is 0 Å². The molecule has 0 amide bonds. The molecule has 0 spiro atoms. The van der Waals surface area contributed by atoms with Crippen LogP contribution in [0.3, 0.4) is 0 Å². The summed E-state index contributed by atoms with van der Waals surface area (Å²) in [7, 11) is 0. The molecule has 0 bridgehead atoms. The largest absolute Gasteiger partial charge is 0.0767 e. The van der Waals surface area contributed by atoms with E-state index in [9.17, 15) is 0 Å². The number of nitrogens with zero attached hydrogens (tertiary/aromatic N) is 1. The average Bonchev–Trinajstić information content (AvgIpc) is 3.89. The predicted molar refractivity (Wildman–Crippen MR) is 144 cm³/mol. The van der Waals surface area contributed by atoms with E-state index in [1.54, 1.807) is 6.26 Å². The summed E-state index contributed by atoms with van der Waals surface area (Å²) in [6.45, 7) is 25.8. The van der Waals surface area contributed by atoms with Crippen LogP contribution in [0.25, 0.3) is 0 Å². The van der Waals surface area contributed by atoms with Crippen LogP contribution < -0.4 is 0 Å². The standard InChI is InChI=1S/C23H22NO.C5H5.5CO.Cr.Fe/c1-2-3-15-24-22(19-12-7-8-13-19)20(17-18-10-5-4-6-11-18)23(24)21-14-9-16-25-21;1-2-4-5-3-1;5*1-2;;/h4-14,16,23H,2-3,15H2,1H3;1-5H;;;;;;;. The molecule has 9 heteroatoms. The van der Waals surface area contributed by atoms with Gasteiger partial charge in [-0.15, -0.1) is 0 Å². The van der Waals surface area contributed by atoms with E-state index >= 15 is 0 Å². The van der Waals surface area contributed by atoms with Gasteiger partial charge in [-0.2, -0.15) is 0 Å². The maximum Gasteiger partial charge on any atom is 0.00506 e. The Kier molecular flexibility index (Phi) is 29.9. The van der Waals surface area contributed by atoms with Crippen molar-refractivity contribution in [3.05, 3.63) is 166 Å². The number of rotatable bonds is 7. The number of furan rings is 1. The van der Waals surface area contributed by atoms with Crippen molar-refractivity contribution in [2.24, 2.45) is 0 Å². The molecule has 1 atom stereocenters. The molecule has 1 aromatic carbocycles. The minimum absolute atomic E-state index is 0. The second-order valence-corrected chi connectivity index (χ2v) is 8.20. The van der Waals surface area contributed by atoms with Gasteiger partial charge >= 0.3 is 220 Å². The first-order chi connectivity index (χ1) is 20.3. The predicted octanol–water partition coefficient (Wildman–Crippen LogP) is 6.29. The minimum atomic E-state index is 0. The Morgan fingerprint density at radius 2 is 1.40 bits per heavy atom. The van der Waals surface area contributed by atoms with Crippen molar-refractivity contribution in [1.82, 2.24) is 4.90 Å². The van der Waals surface area contributed by atoms with Crippen molar-refractivity contribution in [2.75, 3.05) is 6.54 Å². The fraction of sp³-hybridized carbons (Fsp3) is 0.152. The number of allylic oxidation sites excluding steroid dienone is 7. The van der Waals surface area contributed by atoms with Gasteiger partial charge in [0, 0.05) is 23.5 Å². The van der Waals surface area contributed by atoms with Gasteiger partial charge in [-0.25, -0.2) is 0 Å². The van der Waals surface area contributed by atoms with Gasteiger partial charge in [-0.1, -0.05) is 24.3 Å². The minimum Gasteiger partial charge on any atom is -0.0767 e. The first-order valence-electron chi connectivity index (χ1n) is 11.9. The van der Waals surface area contributed by atoms with Crippen LogP contribution in [-0.2, 0) is 56.2 Å². The van der Waals surface area contributed by atoms with Gasteiger partial charge in [0.15, 0.2) is 0 Å². The van der Waals surface area contributed by atoms with Crippen LogP contribution in [0.1, 0.15) is 37.1 Å². The summed E-state index contributed by atoms with van der Waals surface area (Å²) in [5.74, 6) is 1.01. The molecule has 0 saturated heterocycles. The number of benzene rings is 1. The molecule has 2 aromatic rings. The van der Waals surface area contributed by atoms with Crippen LogP contribution in [0.5, 0.6) is 0 Å². The van der Waals surface area contributed by atoms with Gasteiger partial charge in [0.05, 0.1) is 0 Å². The molecule has 42 heavy (non-hydrogen) atoms. The van der Waals surface area contributed by atoms with Gasteiger partial charge in [0.25, 0.3) is 0 Å². The molecular weight excluding hydrogens is 614 g/mol. The molecule has 1 unspecified atom stereocenters. The summed E-state index contributed by atoms with van der Waals surface area (Å²) in [4.78, 5) is 2.49. The third-order valence-corrected chi connectivity index (χ3v) is 6.18. The Morgan fingerprint density at radius 1 is 0.810 bits per heavy atom. The monoisotopic (exact) mass is 641 g/mol. The van der Waals surface area contributed by atoms with Gasteiger partial charge in [-0.05, 0) is 0 Å². The van der Waals surface area contributed by atoms with Crippen molar-refractivity contribution >= 4 is 4.38 Å². The molecule has 5 rings (SSSR count). The second kappa shape index (κ2) is 29.1. The molecule has 1 aliphatic heterocycles. The van der Waals surface area contributed by atoms with Crippen LogP contribution in [-0.4, -0.2) is 15.8 Å². The molecular formula is C33H27CrFeNO6. The SMILES string of the molecule is CCCCN1C(C2=C[CH]C=C2)=C([C](=[Cr])c2ccccc2)C1c1ccco1.[C-]#[O+].[C-]#[O+].[C-]#[O+].[C-]#[O+].[C-]#[O+].[CH]1C=CC=C1.[Fe]. The van der Waals surface area contributed by atoms with Crippen molar-refractivity contribution in [2.45, 2.75) is 25.8 Å². The molecule has 1 aromatic heterocycles. The Labute approximate surface area is 266 Å². The molecule has 214 valence electrons. The fourth-order valence-corrected chi connectivity index (χ4v) is 4.50. The molecule has 3 aliphatic rings. The van der Waals surface area contributed by atoms with Crippen LogP contribution in [0.15, 0.2) is 113 Å². The molecule has 7 nitrogen and oxygen atoms in total. The Hall–Kier alpha value is -3.38. The zero-order chi connectivity index (χ0) is 31.5. The van der Waals surface area contributed by atoms with Crippen LogP contribution in [0.2, 0.25) is 0 Å². The number of hydrogen-bond acceptors (Lipinski definition) is 2. The van der Waals surface area contributed by atoms with Crippen LogP contribution in [0, 0.1) is 46.1 Å². The fourth-order valence-electron chi connectivity index (χ4n) is 3.97. The van der Waals surface area contributed by atoms with E-state index in [1.807, 2.05) is 36.8 Å². The smallest absolute Gasteiger partial charge is 0.00506 e. The van der Waals surface area contributed by atoms with Crippen molar-refractivity contribution in [3.8, 4) is 0 Å². The Balaban J connectivity index is -0.000000808. The normalized spacial score (nSPS) is 14.0. The quantitative estimate of drug-likeness (QED) is 0.201. The van der Waals surface area contributed by atoms with E-state index in [4.69, 9.17) is 27.7 Å². The Morgan fingerprint density at radius 3 is 1.83 bits per heavy atom. The Bertz CT molecular complexity index is 1230. The van der Waals surface area contributed by atoms with Gasteiger partial charge in [0.1, 0.15) is 0 Å². The third kappa shape index (κ3) is 13.1. The maximum absolute atomic E-state index is 7.50. The van der Waals surface area contributed by atoms with Gasteiger partial charge in [-0.3, -0.25) is 0 Å². The first-order valence-corrected chi connectivity index (χ1v) is 12.5. The van der Waals surface area contributed by atoms with E-state index in [1.165, 1.54) is 39.6 Å². The van der Waals surface area contributed by atoms with E-state index in [2.05, 4.69) is 122 Å². The summed E-state index contributed by atoms with van der Waals surface area (Å²) in [6, 6.07) is 14.8. The molecule has 0 N–H and O–H groups in total. The topological polar surface area (TPSA) is 116 Å². The van der Waals surface area contributed by atoms with E-state index < -0.39 is 0 Å². The van der Waals surface area contributed by atoms with Gasteiger partial charge < -0.3 is 0 Å². The molecule has 2 aliphatic carbocycles. The zero-order valence-corrected chi connectivity index (χ0v) is 25.1. The molecule has 2 heterocycles. The third-order valence-electron chi connectivity index (χ3n) is 5.46. The summed E-state index contributed by atoms with van der Waals surface area (Å²) in [5, 5.41) is 0. The molecule has 2 radical (unpaired) electrons. The first kappa shape index (κ1) is 43.1. The maximum atomic E-state index is 7.50. The van der Waals surface area contributed by atoms with Crippen LogP contribution in [0.4, 0.5) is 0 Å². The zero-order valence-electron chi connectivity index (χ0n) is 22.7. The van der Waals surface area contributed by atoms with Crippen molar-refractivity contribution < 1.29 is 60.6 Å². The van der Waals surface area contributed by atoms with Crippen molar-refractivity contribution in [3.63, 3.8) is 0 Å². The molecule has 0 saturated carbocycles. The molecule has 0 fully saturated rings. The summed E-state index contributed by atoms with van der Waals surface area (Å²) < 4.78 is 44.5. The summed E-state index contributed by atoms with van der Waals surface area (Å²) >= 11 is 3.35. The number of unbranched alkanes of at least 4 members (excludes halogenated alkanes) is 1. The second-order valence-electron chi connectivity index (χ2n) is 7.56. The summed E-state index contributed by atoms with van der Waals surface area (Å²) in [6.07, 6.45) is 22.7. The van der Waals surface area contributed by atoms with E-state index in [-0.39, 0.29) is 23.1 Å².